The minimum absolute atomic E-state index is 0.317. The van der Waals surface area contributed by atoms with E-state index in [1.165, 1.54) is 0 Å². The Bertz CT molecular complexity index is 560. The second-order valence-corrected chi connectivity index (χ2v) is 4.62. The number of nitrogens with zero attached hydrogens (tertiary/aromatic N) is 1. The van der Waals surface area contributed by atoms with Gasteiger partial charge in [-0.15, -0.1) is 0 Å². The van der Waals surface area contributed by atoms with Gasteiger partial charge in [-0.2, -0.15) is 0 Å². The van der Waals surface area contributed by atoms with Crippen molar-refractivity contribution in [3.8, 4) is 5.75 Å². The normalized spacial score (nSPS) is 12.2. The van der Waals surface area contributed by atoms with Gasteiger partial charge in [0.1, 0.15) is 5.75 Å². The summed E-state index contributed by atoms with van der Waals surface area (Å²) in [7, 11) is 1.59. The lowest BCUT2D eigenvalue weighted by molar-refractivity contribution is 0.412. The molecule has 0 spiro atoms. The maximum absolute atomic E-state index is 6.16. The molecule has 2 aromatic rings. The van der Waals surface area contributed by atoms with Crippen molar-refractivity contribution in [3.63, 3.8) is 0 Å². The monoisotopic (exact) mass is 282 g/mol. The number of halogens is 2. The molecular formula is C13H12Cl2N2O. The first kappa shape index (κ1) is 13.1. The number of ether oxygens (including phenoxy) is 1. The van der Waals surface area contributed by atoms with Crippen LogP contribution in [0.3, 0.4) is 0 Å². The Morgan fingerprint density at radius 3 is 2.56 bits per heavy atom. The molecule has 18 heavy (non-hydrogen) atoms. The summed E-state index contributed by atoms with van der Waals surface area (Å²) < 4.78 is 5.12. The third kappa shape index (κ3) is 2.75. The van der Waals surface area contributed by atoms with Gasteiger partial charge in [0, 0.05) is 6.20 Å². The average molecular weight is 283 g/mol. The van der Waals surface area contributed by atoms with E-state index in [4.69, 9.17) is 33.7 Å². The first-order valence-corrected chi connectivity index (χ1v) is 6.07. The molecule has 0 aliphatic rings. The number of hydrogen-bond donors (Lipinski definition) is 1. The van der Waals surface area contributed by atoms with E-state index < -0.39 is 0 Å². The van der Waals surface area contributed by atoms with E-state index >= 15 is 0 Å². The second-order valence-electron chi connectivity index (χ2n) is 3.81. The highest BCUT2D eigenvalue weighted by atomic mass is 35.5. The van der Waals surface area contributed by atoms with E-state index in [1.807, 2.05) is 12.1 Å². The highest BCUT2D eigenvalue weighted by molar-refractivity contribution is 6.42. The summed E-state index contributed by atoms with van der Waals surface area (Å²) in [6.07, 6.45) is 3.33. The molecule has 0 bridgehead atoms. The van der Waals surface area contributed by atoms with Crippen LogP contribution in [0.5, 0.6) is 5.75 Å². The molecular weight excluding hydrogens is 271 g/mol. The molecule has 94 valence electrons. The van der Waals surface area contributed by atoms with Gasteiger partial charge in [-0.05, 0) is 29.3 Å². The number of pyridine rings is 1. The lowest BCUT2D eigenvalue weighted by Gasteiger charge is -2.13. The van der Waals surface area contributed by atoms with Crippen LogP contribution < -0.4 is 10.5 Å². The molecule has 0 radical (unpaired) electrons. The summed E-state index contributed by atoms with van der Waals surface area (Å²) in [5, 5.41) is 0.997. The van der Waals surface area contributed by atoms with Gasteiger partial charge in [0.25, 0.3) is 0 Å². The number of benzene rings is 1. The third-order valence-electron chi connectivity index (χ3n) is 2.63. The lowest BCUT2D eigenvalue weighted by Crippen LogP contribution is -2.12. The van der Waals surface area contributed by atoms with Crippen molar-refractivity contribution in [1.82, 2.24) is 4.98 Å². The minimum atomic E-state index is -0.317. The van der Waals surface area contributed by atoms with E-state index in [-0.39, 0.29) is 6.04 Å². The molecule has 1 atom stereocenters. The highest BCUT2D eigenvalue weighted by Crippen LogP contribution is 2.28. The van der Waals surface area contributed by atoms with Crippen LogP contribution in [0.1, 0.15) is 17.2 Å². The zero-order valence-corrected chi connectivity index (χ0v) is 11.2. The summed E-state index contributed by atoms with van der Waals surface area (Å²) in [5.74, 6) is 0.669. The van der Waals surface area contributed by atoms with Crippen LogP contribution in [0.25, 0.3) is 0 Å². The SMILES string of the molecule is COc1cncc(C(N)c2ccc(Cl)c(Cl)c2)c1. The van der Waals surface area contributed by atoms with Gasteiger partial charge in [0.2, 0.25) is 0 Å². The van der Waals surface area contributed by atoms with Crippen LogP contribution in [-0.2, 0) is 0 Å². The van der Waals surface area contributed by atoms with E-state index in [1.54, 1.807) is 31.6 Å². The van der Waals surface area contributed by atoms with Crippen molar-refractivity contribution in [1.29, 1.82) is 0 Å². The van der Waals surface area contributed by atoms with E-state index in [2.05, 4.69) is 4.98 Å². The molecule has 5 heteroatoms. The van der Waals surface area contributed by atoms with Crippen molar-refractivity contribution < 1.29 is 4.74 Å². The Morgan fingerprint density at radius 2 is 1.89 bits per heavy atom. The number of hydrogen-bond acceptors (Lipinski definition) is 3. The Hall–Kier alpha value is -1.29. The zero-order chi connectivity index (χ0) is 13.1. The number of aromatic nitrogens is 1. The molecule has 2 N–H and O–H groups in total. The van der Waals surface area contributed by atoms with Gasteiger partial charge >= 0.3 is 0 Å². The quantitative estimate of drug-likeness (QED) is 0.938. The molecule has 3 nitrogen and oxygen atoms in total. The minimum Gasteiger partial charge on any atom is -0.495 e. The van der Waals surface area contributed by atoms with Crippen LogP contribution in [0.4, 0.5) is 0 Å². The van der Waals surface area contributed by atoms with Gasteiger partial charge in [-0.3, -0.25) is 4.98 Å². The maximum atomic E-state index is 6.16. The van der Waals surface area contributed by atoms with E-state index in [0.717, 1.165) is 11.1 Å². The lowest BCUT2D eigenvalue weighted by atomic mass is 10.0. The topological polar surface area (TPSA) is 48.1 Å². The number of nitrogens with two attached hydrogens (primary N) is 1. The standard InChI is InChI=1S/C13H12Cl2N2O/c1-18-10-4-9(6-17-7-10)13(16)8-2-3-11(14)12(15)5-8/h2-7,13H,16H2,1H3. The molecule has 1 unspecified atom stereocenters. The Morgan fingerprint density at radius 1 is 1.11 bits per heavy atom. The fraction of sp³-hybridized carbons (Fsp3) is 0.154. The third-order valence-corrected chi connectivity index (χ3v) is 3.37. The Labute approximate surface area is 115 Å². The number of rotatable bonds is 3. The molecule has 1 aromatic carbocycles. The predicted octanol–water partition coefficient (Wildman–Crippen LogP) is 3.45. The summed E-state index contributed by atoms with van der Waals surface area (Å²) in [5.41, 5.74) is 7.89. The molecule has 2 rings (SSSR count). The molecule has 0 saturated carbocycles. The molecule has 0 aliphatic heterocycles. The van der Waals surface area contributed by atoms with E-state index in [0.29, 0.717) is 15.8 Å². The van der Waals surface area contributed by atoms with Crippen molar-refractivity contribution >= 4 is 23.2 Å². The molecule has 1 heterocycles. The highest BCUT2D eigenvalue weighted by Gasteiger charge is 2.11. The summed E-state index contributed by atoms with van der Waals surface area (Å²) in [4.78, 5) is 4.08. The van der Waals surface area contributed by atoms with Crippen molar-refractivity contribution in [3.05, 3.63) is 57.8 Å². The van der Waals surface area contributed by atoms with Gasteiger partial charge in [0.05, 0.1) is 29.4 Å². The molecule has 0 saturated heterocycles. The van der Waals surface area contributed by atoms with Gasteiger partial charge in [-0.25, -0.2) is 0 Å². The van der Waals surface area contributed by atoms with Gasteiger partial charge < -0.3 is 10.5 Å². The second kappa shape index (κ2) is 5.57. The molecule has 0 amide bonds. The van der Waals surface area contributed by atoms with Crippen LogP contribution in [0.2, 0.25) is 10.0 Å². The Kier molecular flexibility index (Phi) is 4.07. The first-order valence-electron chi connectivity index (χ1n) is 5.31. The zero-order valence-electron chi connectivity index (χ0n) is 9.73. The summed E-state index contributed by atoms with van der Waals surface area (Å²) in [6, 6.07) is 6.86. The predicted molar refractivity (Wildman–Crippen MR) is 73.3 cm³/mol. The molecule has 0 aliphatic carbocycles. The number of methoxy groups -OCH3 is 1. The maximum Gasteiger partial charge on any atom is 0.137 e. The summed E-state index contributed by atoms with van der Waals surface area (Å²) in [6.45, 7) is 0. The van der Waals surface area contributed by atoms with Crippen LogP contribution in [-0.4, -0.2) is 12.1 Å². The van der Waals surface area contributed by atoms with Crippen molar-refractivity contribution in [2.45, 2.75) is 6.04 Å². The largest absolute Gasteiger partial charge is 0.495 e. The average Bonchev–Trinajstić information content (AvgIpc) is 2.41. The smallest absolute Gasteiger partial charge is 0.137 e. The van der Waals surface area contributed by atoms with Crippen LogP contribution >= 0.6 is 23.2 Å². The Balaban J connectivity index is 2.34. The van der Waals surface area contributed by atoms with Crippen LogP contribution in [0.15, 0.2) is 36.7 Å². The fourth-order valence-electron chi connectivity index (χ4n) is 1.62. The molecule has 0 fully saturated rings. The van der Waals surface area contributed by atoms with E-state index in [9.17, 15) is 0 Å². The molecule has 1 aromatic heterocycles. The van der Waals surface area contributed by atoms with Gasteiger partial charge in [0.15, 0.2) is 0 Å². The van der Waals surface area contributed by atoms with Crippen LogP contribution in [0, 0.1) is 0 Å². The van der Waals surface area contributed by atoms with Gasteiger partial charge in [-0.1, -0.05) is 29.3 Å². The first-order chi connectivity index (χ1) is 8.61. The van der Waals surface area contributed by atoms with Crippen molar-refractivity contribution in [2.24, 2.45) is 5.73 Å². The fourth-order valence-corrected chi connectivity index (χ4v) is 1.92. The van der Waals surface area contributed by atoms with Crippen molar-refractivity contribution in [2.75, 3.05) is 7.11 Å². The summed E-state index contributed by atoms with van der Waals surface area (Å²) >= 11 is 11.9.